The van der Waals surface area contributed by atoms with E-state index in [-0.39, 0.29) is 24.0 Å². The Balaban J connectivity index is 0.00000242. The molecule has 0 spiro atoms. The summed E-state index contributed by atoms with van der Waals surface area (Å²) in [5, 5.41) is 3.11. The summed E-state index contributed by atoms with van der Waals surface area (Å²) in [4.78, 5) is 6.81. The van der Waals surface area contributed by atoms with Crippen LogP contribution in [-0.2, 0) is 0 Å². The van der Waals surface area contributed by atoms with Crippen LogP contribution in [-0.4, -0.2) is 39.2 Å². The van der Waals surface area contributed by atoms with E-state index in [9.17, 15) is 0 Å². The van der Waals surface area contributed by atoms with Crippen molar-refractivity contribution in [2.24, 2.45) is 16.6 Å². The van der Waals surface area contributed by atoms with E-state index < -0.39 is 0 Å². The normalized spacial score (nSPS) is 18.0. The fraction of sp³-hybridized carbons (Fsp3) is 0.562. The standard InChI is InChI=1S/C16H26N4O.HI/c1-3-9-18-16(17)19-11-13-8-10-20(12-13)14-6-4-5-7-15(14)21-2;/h4-7,13H,3,8-12H2,1-2H3,(H3,17,18,19);1H. The average Bonchev–Trinajstić information content (AvgIpc) is 2.99. The molecule has 1 atom stereocenters. The summed E-state index contributed by atoms with van der Waals surface area (Å²) in [5.74, 6) is 2.05. The summed E-state index contributed by atoms with van der Waals surface area (Å²) in [5.41, 5.74) is 7.00. The van der Waals surface area contributed by atoms with Crippen LogP contribution in [0.4, 0.5) is 5.69 Å². The number of ether oxygens (including phenoxy) is 1. The molecule has 1 fully saturated rings. The predicted octanol–water partition coefficient (Wildman–Crippen LogP) is 2.45. The fourth-order valence-corrected chi connectivity index (χ4v) is 2.63. The number of methoxy groups -OCH3 is 1. The number of hydrogen-bond donors (Lipinski definition) is 2. The van der Waals surface area contributed by atoms with E-state index in [0.29, 0.717) is 11.9 Å². The zero-order chi connectivity index (χ0) is 15.1. The summed E-state index contributed by atoms with van der Waals surface area (Å²) in [6.07, 6.45) is 2.20. The van der Waals surface area contributed by atoms with Crippen molar-refractivity contribution in [3.8, 4) is 5.75 Å². The first-order chi connectivity index (χ1) is 10.2. The van der Waals surface area contributed by atoms with Gasteiger partial charge in [0.05, 0.1) is 12.8 Å². The third kappa shape index (κ3) is 5.23. The molecule has 1 heterocycles. The highest BCUT2D eigenvalue weighted by Crippen LogP contribution is 2.31. The van der Waals surface area contributed by atoms with Crippen LogP contribution in [0.25, 0.3) is 0 Å². The molecule has 2 rings (SSSR count). The largest absolute Gasteiger partial charge is 0.495 e. The van der Waals surface area contributed by atoms with E-state index in [2.05, 4.69) is 34.3 Å². The molecular formula is C16H27IN4O. The Labute approximate surface area is 150 Å². The van der Waals surface area contributed by atoms with Gasteiger partial charge in [-0.2, -0.15) is 0 Å². The molecule has 124 valence electrons. The van der Waals surface area contributed by atoms with Gasteiger partial charge in [-0.15, -0.1) is 24.0 Å². The molecule has 0 saturated carbocycles. The molecule has 0 radical (unpaired) electrons. The van der Waals surface area contributed by atoms with Gasteiger partial charge in [0.2, 0.25) is 0 Å². The lowest BCUT2D eigenvalue weighted by atomic mass is 10.1. The topological polar surface area (TPSA) is 62.9 Å². The van der Waals surface area contributed by atoms with Gasteiger partial charge in [0, 0.05) is 26.2 Å². The highest BCUT2D eigenvalue weighted by Gasteiger charge is 2.24. The van der Waals surface area contributed by atoms with Crippen LogP contribution in [0, 0.1) is 5.92 Å². The Morgan fingerprint density at radius 2 is 2.23 bits per heavy atom. The number of halogens is 1. The minimum atomic E-state index is 0. The van der Waals surface area contributed by atoms with Crippen LogP contribution < -0.4 is 20.7 Å². The number of nitrogens with two attached hydrogens (primary N) is 1. The molecule has 6 heteroatoms. The predicted molar refractivity (Wildman–Crippen MR) is 104 cm³/mol. The Bertz CT molecular complexity index is 481. The van der Waals surface area contributed by atoms with Gasteiger partial charge in [-0.3, -0.25) is 4.99 Å². The van der Waals surface area contributed by atoms with E-state index in [1.165, 1.54) is 5.69 Å². The van der Waals surface area contributed by atoms with Crippen molar-refractivity contribution in [3.05, 3.63) is 24.3 Å². The molecular weight excluding hydrogens is 391 g/mol. The summed E-state index contributed by atoms with van der Waals surface area (Å²) < 4.78 is 5.44. The van der Waals surface area contributed by atoms with E-state index in [4.69, 9.17) is 10.5 Å². The Kier molecular flexibility index (Phi) is 8.37. The van der Waals surface area contributed by atoms with E-state index in [1.54, 1.807) is 7.11 Å². The molecule has 1 aliphatic heterocycles. The van der Waals surface area contributed by atoms with Crippen LogP contribution in [0.15, 0.2) is 29.3 Å². The quantitative estimate of drug-likeness (QED) is 0.423. The SMILES string of the molecule is CCCNC(N)=NCC1CCN(c2ccccc2OC)C1.I. The number of rotatable bonds is 6. The van der Waals surface area contributed by atoms with Crippen molar-refractivity contribution < 1.29 is 4.74 Å². The molecule has 3 N–H and O–H groups in total. The van der Waals surface area contributed by atoms with Gasteiger partial charge in [0.1, 0.15) is 5.75 Å². The molecule has 0 bridgehead atoms. The van der Waals surface area contributed by atoms with Gasteiger partial charge in [-0.05, 0) is 30.9 Å². The minimum Gasteiger partial charge on any atom is -0.495 e. The van der Waals surface area contributed by atoms with Crippen LogP contribution in [0.1, 0.15) is 19.8 Å². The third-order valence-corrected chi connectivity index (χ3v) is 3.79. The second kappa shape index (κ2) is 9.76. The monoisotopic (exact) mass is 418 g/mol. The van der Waals surface area contributed by atoms with E-state index in [1.807, 2.05) is 12.1 Å². The molecule has 1 aromatic rings. The molecule has 0 aliphatic carbocycles. The van der Waals surface area contributed by atoms with Crippen LogP contribution >= 0.6 is 24.0 Å². The van der Waals surface area contributed by atoms with Gasteiger partial charge < -0.3 is 20.7 Å². The zero-order valence-corrected chi connectivity index (χ0v) is 15.7. The van der Waals surface area contributed by atoms with Gasteiger partial charge in [0.25, 0.3) is 0 Å². The number of aliphatic imine (C=N–C) groups is 1. The zero-order valence-electron chi connectivity index (χ0n) is 13.4. The first-order valence-corrected chi connectivity index (χ1v) is 7.66. The fourth-order valence-electron chi connectivity index (χ4n) is 2.63. The van der Waals surface area contributed by atoms with Gasteiger partial charge in [0.15, 0.2) is 5.96 Å². The van der Waals surface area contributed by atoms with Crippen molar-refractivity contribution in [1.82, 2.24) is 5.32 Å². The number of benzene rings is 1. The van der Waals surface area contributed by atoms with Crippen molar-refractivity contribution in [2.75, 3.05) is 38.2 Å². The van der Waals surface area contributed by atoms with Gasteiger partial charge in [-0.1, -0.05) is 19.1 Å². The van der Waals surface area contributed by atoms with Crippen LogP contribution in [0.5, 0.6) is 5.75 Å². The van der Waals surface area contributed by atoms with Crippen molar-refractivity contribution in [3.63, 3.8) is 0 Å². The first kappa shape index (κ1) is 18.9. The van der Waals surface area contributed by atoms with Crippen molar-refractivity contribution in [2.45, 2.75) is 19.8 Å². The lowest BCUT2D eigenvalue weighted by molar-refractivity contribution is 0.414. The Hall–Kier alpha value is -1.18. The summed E-state index contributed by atoms with van der Waals surface area (Å²) >= 11 is 0. The molecule has 1 aromatic carbocycles. The Morgan fingerprint density at radius 1 is 1.45 bits per heavy atom. The number of anilines is 1. The Morgan fingerprint density at radius 3 is 2.95 bits per heavy atom. The van der Waals surface area contributed by atoms with Crippen LogP contribution in [0.3, 0.4) is 0 Å². The summed E-state index contributed by atoms with van der Waals surface area (Å²) in [6, 6.07) is 8.17. The van der Waals surface area contributed by atoms with Crippen LogP contribution in [0.2, 0.25) is 0 Å². The lowest BCUT2D eigenvalue weighted by Gasteiger charge is -2.21. The van der Waals surface area contributed by atoms with Crippen molar-refractivity contribution >= 4 is 35.6 Å². The van der Waals surface area contributed by atoms with E-state index >= 15 is 0 Å². The first-order valence-electron chi connectivity index (χ1n) is 7.66. The maximum absolute atomic E-state index is 5.83. The van der Waals surface area contributed by atoms with Gasteiger partial charge in [-0.25, -0.2) is 0 Å². The smallest absolute Gasteiger partial charge is 0.188 e. The van der Waals surface area contributed by atoms with Gasteiger partial charge >= 0.3 is 0 Å². The highest BCUT2D eigenvalue weighted by molar-refractivity contribution is 14.0. The number of para-hydroxylation sites is 2. The van der Waals surface area contributed by atoms with Crippen molar-refractivity contribution in [1.29, 1.82) is 0 Å². The number of hydrogen-bond acceptors (Lipinski definition) is 3. The number of nitrogens with one attached hydrogen (secondary N) is 1. The molecule has 1 unspecified atom stereocenters. The molecule has 0 amide bonds. The molecule has 1 saturated heterocycles. The maximum Gasteiger partial charge on any atom is 0.188 e. The second-order valence-electron chi connectivity index (χ2n) is 5.43. The second-order valence-corrected chi connectivity index (χ2v) is 5.43. The molecule has 1 aliphatic rings. The molecule has 22 heavy (non-hydrogen) atoms. The summed E-state index contributed by atoms with van der Waals surface area (Å²) in [7, 11) is 1.72. The molecule has 0 aromatic heterocycles. The third-order valence-electron chi connectivity index (χ3n) is 3.79. The minimum absolute atomic E-state index is 0. The average molecular weight is 418 g/mol. The maximum atomic E-state index is 5.83. The number of nitrogens with zero attached hydrogens (tertiary/aromatic N) is 2. The summed E-state index contributed by atoms with van der Waals surface area (Å²) in [6.45, 7) is 5.83. The highest BCUT2D eigenvalue weighted by atomic mass is 127. The number of guanidine groups is 1. The lowest BCUT2D eigenvalue weighted by Crippen LogP contribution is -2.33. The molecule has 5 nitrogen and oxygen atoms in total. The van der Waals surface area contributed by atoms with E-state index in [0.717, 1.165) is 44.8 Å².